The van der Waals surface area contributed by atoms with Gasteiger partial charge in [0.25, 0.3) is 11.5 Å². The molecule has 0 atom stereocenters. The van der Waals surface area contributed by atoms with E-state index < -0.39 is 11.5 Å². The van der Waals surface area contributed by atoms with E-state index >= 15 is 0 Å². The lowest BCUT2D eigenvalue weighted by Gasteiger charge is -2.07. The van der Waals surface area contributed by atoms with Crippen LogP contribution in [-0.2, 0) is 0 Å². The fourth-order valence-electron chi connectivity index (χ4n) is 3.14. The Hall–Kier alpha value is -4.07. The zero-order chi connectivity index (χ0) is 20.5. The Balaban J connectivity index is 1.78. The van der Waals surface area contributed by atoms with E-state index in [4.69, 9.17) is 4.74 Å². The van der Waals surface area contributed by atoms with Crippen molar-refractivity contribution >= 4 is 22.5 Å². The molecule has 0 saturated heterocycles. The molecule has 2 aromatic carbocycles. The summed E-state index contributed by atoms with van der Waals surface area (Å²) in [6.07, 6.45) is 0. The number of aryl methyl sites for hydroxylation is 1. The van der Waals surface area contributed by atoms with Crippen molar-refractivity contribution in [2.75, 3.05) is 12.4 Å². The van der Waals surface area contributed by atoms with Gasteiger partial charge in [0.05, 0.1) is 18.4 Å². The maximum absolute atomic E-state index is 12.6. The van der Waals surface area contributed by atoms with Crippen LogP contribution in [-0.4, -0.2) is 32.9 Å². The molecule has 4 rings (SSSR count). The number of carbonyl (C=O) groups is 1. The van der Waals surface area contributed by atoms with Crippen LogP contribution in [0, 0.1) is 6.92 Å². The molecular weight excluding hydrogens is 372 g/mol. The van der Waals surface area contributed by atoms with E-state index in [0.717, 1.165) is 0 Å². The molecule has 2 heterocycles. The van der Waals surface area contributed by atoms with Crippen LogP contribution < -0.4 is 15.6 Å². The van der Waals surface area contributed by atoms with Gasteiger partial charge in [-0.3, -0.25) is 9.59 Å². The number of nitrogens with one attached hydrogen (secondary N) is 2. The number of anilines is 1. The smallest absolute Gasteiger partial charge is 0.277 e. The number of ether oxygens (including phenoxy) is 1. The standard InChI is InChI=1S/C21H18N4O4/c1-12-18(21(27)23-14-6-4-3-5-7-14)25(28)19(22-12)16-11-13-10-15(29-2)8-9-17(13)24-20(16)26/h3-11,28H,1-2H3,(H,23,27)(H,24,26). The van der Waals surface area contributed by atoms with Crippen molar-refractivity contribution in [3.05, 3.63) is 76.3 Å². The van der Waals surface area contributed by atoms with Crippen LogP contribution in [0.1, 0.15) is 16.2 Å². The van der Waals surface area contributed by atoms with Crippen LogP contribution in [0.15, 0.2) is 59.4 Å². The second-order valence-electron chi connectivity index (χ2n) is 6.47. The third kappa shape index (κ3) is 3.31. The number of aromatic nitrogens is 3. The highest BCUT2D eigenvalue weighted by molar-refractivity contribution is 6.04. The maximum atomic E-state index is 12.6. The highest BCUT2D eigenvalue weighted by Gasteiger charge is 2.23. The Morgan fingerprint density at radius 3 is 2.66 bits per heavy atom. The maximum Gasteiger partial charge on any atom is 0.277 e. The monoisotopic (exact) mass is 390 g/mol. The molecule has 0 aliphatic heterocycles. The molecule has 146 valence electrons. The Morgan fingerprint density at radius 2 is 1.93 bits per heavy atom. The minimum absolute atomic E-state index is 0.0216. The molecule has 0 aliphatic rings. The summed E-state index contributed by atoms with van der Waals surface area (Å²) in [5.74, 6) is 0.0717. The van der Waals surface area contributed by atoms with Gasteiger partial charge in [0.1, 0.15) is 5.75 Å². The van der Waals surface area contributed by atoms with Crippen molar-refractivity contribution in [2.24, 2.45) is 0 Å². The summed E-state index contributed by atoms with van der Waals surface area (Å²) in [6.45, 7) is 1.59. The molecule has 0 spiro atoms. The molecule has 0 bridgehead atoms. The van der Waals surface area contributed by atoms with Crippen LogP contribution in [0.2, 0.25) is 0 Å². The van der Waals surface area contributed by atoms with Gasteiger partial charge in [0.2, 0.25) is 0 Å². The van der Waals surface area contributed by atoms with E-state index in [1.54, 1.807) is 62.6 Å². The van der Waals surface area contributed by atoms with E-state index in [9.17, 15) is 14.8 Å². The van der Waals surface area contributed by atoms with Gasteiger partial charge in [-0.05, 0) is 43.3 Å². The average molecular weight is 390 g/mol. The van der Waals surface area contributed by atoms with Gasteiger partial charge >= 0.3 is 0 Å². The van der Waals surface area contributed by atoms with E-state index in [2.05, 4.69) is 15.3 Å². The first kappa shape index (κ1) is 18.3. The number of benzene rings is 2. The Kier molecular flexibility index (Phi) is 4.52. The highest BCUT2D eigenvalue weighted by Crippen LogP contribution is 2.24. The van der Waals surface area contributed by atoms with Crippen LogP contribution in [0.25, 0.3) is 22.3 Å². The average Bonchev–Trinajstić information content (AvgIpc) is 3.01. The number of H-pyrrole nitrogens is 1. The number of para-hydroxylation sites is 1. The van der Waals surface area contributed by atoms with Crippen LogP contribution >= 0.6 is 0 Å². The second-order valence-corrected chi connectivity index (χ2v) is 6.47. The number of hydrogen-bond acceptors (Lipinski definition) is 5. The number of pyridine rings is 1. The largest absolute Gasteiger partial charge is 0.497 e. The summed E-state index contributed by atoms with van der Waals surface area (Å²) in [6, 6.07) is 15.7. The molecule has 2 aromatic heterocycles. The zero-order valence-electron chi connectivity index (χ0n) is 15.8. The number of methoxy groups -OCH3 is 1. The lowest BCUT2D eigenvalue weighted by Crippen LogP contribution is -2.18. The Morgan fingerprint density at radius 1 is 1.17 bits per heavy atom. The van der Waals surface area contributed by atoms with Crippen molar-refractivity contribution in [3.63, 3.8) is 0 Å². The van der Waals surface area contributed by atoms with Crippen LogP contribution in [0.5, 0.6) is 5.75 Å². The van der Waals surface area contributed by atoms with Gasteiger partial charge in [0, 0.05) is 16.6 Å². The molecule has 4 aromatic rings. The number of nitrogens with zero attached hydrogens (tertiary/aromatic N) is 2. The summed E-state index contributed by atoms with van der Waals surface area (Å²) < 4.78 is 5.86. The summed E-state index contributed by atoms with van der Waals surface area (Å²) in [5.41, 5.74) is 1.15. The van der Waals surface area contributed by atoms with Crippen LogP contribution in [0.3, 0.4) is 0 Å². The molecular formula is C21H18N4O4. The minimum atomic E-state index is -0.533. The van der Waals surface area contributed by atoms with Crippen LogP contribution in [0.4, 0.5) is 5.69 Å². The number of hydrogen-bond donors (Lipinski definition) is 3. The molecule has 1 amide bonds. The van der Waals surface area contributed by atoms with Gasteiger partial charge in [0.15, 0.2) is 11.5 Å². The Bertz CT molecular complexity index is 1280. The molecule has 0 saturated carbocycles. The van der Waals surface area contributed by atoms with Crippen molar-refractivity contribution in [3.8, 4) is 17.1 Å². The van der Waals surface area contributed by atoms with Crippen molar-refractivity contribution in [2.45, 2.75) is 6.92 Å². The van der Waals surface area contributed by atoms with Gasteiger partial charge in [-0.15, -0.1) is 0 Å². The molecule has 8 heteroatoms. The van der Waals surface area contributed by atoms with E-state index in [-0.39, 0.29) is 17.1 Å². The summed E-state index contributed by atoms with van der Waals surface area (Å²) in [5, 5.41) is 14.0. The molecule has 0 unspecified atom stereocenters. The summed E-state index contributed by atoms with van der Waals surface area (Å²) in [7, 11) is 1.55. The quantitative estimate of drug-likeness (QED) is 0.464. The molecule has 0 radical (unpaired) electrons. The zero-order valence-corrected chi connectivity index (χ0v) is 15.8. The first-order chi connectivity index (χ1) is 14.0. The third-order valence-corrected chi connectivity index (χ3v) is 4.57. The first-order valence-electron chi connectivity index (χ1n) is 8.84. The fraction of sp³-hybridized carbons (Fsp3) is 0.0952. The summed E-state index contributed by atoms with van der Waals surface area (Å²) in [4.78, 5) is 32.2. The number of fused-ring (bicyclic) bond motifs is 1. The van der Waals surface area contributed by atoms with Gasteiger partial charge < -0.3 is 20.2 Å². The van der Waals surface area contributed by atoms with Crippen molar-refractivity contribution < 1.29 is 14.7 Å². The molecule has 0 aliphatic carbocycles. The minimum Gasteiger partial charge on any atom is -0.497 e. The lowest BCUT2D eigenvalue weighted by atomic mass is 10.1. The molecule has 8 nitrogen and oxygen atoms in total. The van der Waals surface area contributed by atoms with E-state index in [0.29, 0.717) is 32.8 Å². The number of imidazole rings is 1. The predicted octanol–water partition coefficient (Wildman–Crippen LogP) is 3.20. The van der Waals surface area contributed by atoms with Crippen molar-refractivity contribution in [1.29, 1.82) is 0 Å². The molecule has 0 fully saturated rings. The van der Waals surface area contributed by atoms with Gasteiger partial charge in [-0.2, -0.15) is 4.73 Å². The summed E-state index contributed by atoms with van der Waals surface area (Å²) >= 11 is 0. The van der Waals surface area contributed by atoms with Crippen molar-refractivity contribution in [1.82, 2.24) is 14.7 Å². The first-order valence-corrected chi connectivity index (χ1v) is 8.84. The van der Waals surface area contributed by atoms with Gasteiger partial charge in [-0.1, -0.05) is 18.2 Å². The lowest BCUT2D eigenvalue weighted by molar-refractivity contribution is 0.0974. The van der Waals surface area contributed by atoms with E-state index in [1.165, 1.54) is 0 Å². The predicted molar refractivity (Wildman–Crippen MR) is 109 cm³/mol. The SMILES string of the molecule is COc1ccc2[nH]c(=O)c(-c3nc(C)c(C(=O)Nc4ccccc4)n3O)cc2c1. The van der Waals surface area contributed by atoms with E-state index in [1.807, 2.05) is 6.07 Å². The number of aromatic amines is 1. The fourth-order valence-corrected chi connectivity index (χ4v) is 3.14. The Labute approximate surface area is 165 Å². The number of carbonyl (C=O) groups excluding carboxylic acids is 1. The normalized spacial score (nSPS) is 10.8. The number of amides is 1. The third-order valence-electron chi connectivity index (χ3n) is 4.57. The second kappa shape index (κ2) is 7.16. The molecule has 3 N–H and O–H groups in total. The topological polar surface area (TPSA) is 109 Å². The molecule has 29 heavy (non-hydrogen) atoms. The number of rotatable bonds is 4. The highest BCUT2D eigenvalue weighted by atomic mass is 16.5. The van der Waals surface area contributed by atoms with Gasteiger partial charge in [-0.25, -0.2) is 4.98 Å².